The van der Waals surface area contributed by atoms with Gasteiger partial charge in [-0.3, -0.25) is 4.68 Å². The number of nitrogens with zero attached hydrogens (tertiary/aromatic N) is 3. The Morgan fingerprint density at radius 1 is 1.12 bits per heavy atom. The van der Waals surface area contributed by atoms with Gasteiger partial charge in [0.05, 0.1) is 11.7 Å². The van der Waals surface area contributed by atoms with Crippen molar-refractivity contribution in [3.63, 3.8) is 0 Å². The van der Waals surface area contributed by atoms with Crippen LogP contribution < -0.4 is 0 Å². The molecule has 0 fully saturated rings. The van der Waals surface area contributed by atoms with Crippen molar-refractivity contribution >= 4 is 10.9 Å². The van der Waals surface area contributed by atoms with Crippen LogP contribution in [0.15, 0.2) is 59.3 Å². The van der Waals surface area contributed by atoms with Gasteiger partial charge < -0.3 is 4.42 Å². The van der Waals surface area contributed by atoms with Crippen molar-refractivity contribution in [1.82, 2.24) is 14.8 Å². The Morgan fingerprint density at radius 2 is 1.96 bits per heavy atom. The average Bonchev–Trinajstić information content (AvgIpc) is 3.22. The minimum Gasteiger partial charge on any atom is -0.444 e. The zero-order valence-corrected chi connectivity index (χ0v) is 14.7. The van der Waals surface area contributed by atoms with Gasteiger partial charge in [-0.05, 0) is 30.5 Å². The topological polar surface area (TPSA) is 43.9 Å². The third-order valence-electron chi connectivity index (χ3n) is 4.35. The lowest BCUT2D eigenvalue weighted by atomic mass is 10.1. The van der Waals surface area contributed by atoms with Gasteiger partial charge in [0, 0.05) is 23.1 Å². The molecule has 2 aromatic heterocycles. The summed E-state index contributed by atoms with van der Waals surface area (Å²) in [6.07, 6.45) is 3.64. The first-order valence-electron chi connectivity index (χ1n) is 8.59. The molecule has 0 atom stereocenters. The summed E-state index contributed by atoms with van der Waals surface area (Å²) in [6, 6.07) is 14.4. The molecule has 0 unspecified atom stereocenters. The molecule has 4 aromatic rings. The van der Waals surface area contributed by atoms with Crippen LogP contribution in [0.2, 0.25) is 0 Å². The van der Waals surface area contributed by atoms with Crippen LogP contribution in [0, 0.1) is 12.8 Å². The highest BCUT2D eigenvalue weighted by Gasteiger charge is 2.12. The summed E-state index contributed by atoms with van der Waals surface area (Å²) >= 11 is 0. The van der Waals surface area contributed by atoms with Gasteiger partial charge in [0.15, 0.2) is 0 Å². The summed E-state index contributed by atoms with van der Waals surface area (Å²) in [6.45, 7) is 7.37. The Hall–Kier alpha value is -2.88. The fraction of sp³-hybridized carbons (Fsp3) is 0.238. The first-order valence-corrected chi connectivity index (χ1v) is 8.59. The molecule has 0 bridgehead atoms. The van der Waals surface area contributed by atoms with E-state index in [-0.39, 0.29) is 0 Å². The molecule has 4 rings (SSSR count). The van der Waals surface area contributed by atoms with Gasteiger partial charge in [0.1, 0.15) is 12.0 Å². The van der Waals surface area contributed by atoms with E-state index in [4.69, 9.17) is 9.40 Å². The van der Waals surface area contributed by atoms with E-state index < -0.39 is 0 Å². The molecule has 4 heteroatoms. The molecule has 0 saturated heterocycles. The van der Waals surface area contributed by atoms with E-state index in [0.29, 0.717) is 11.8 Å². The van der Waals surface area contributed by atoms with Crippen LogP contribution >= 0.6 is 0 Å². The Balaban J connectivity index is 1.74. The molecule has 0 amide bonds. The van der Waals surface area contributed by atoms with Gasteiger partial charge in [-0.2, -0.15) is 5.10 Å². The Kier molecular flexibility index (Phi) is 3.88. The van der Waals surface area contributed by atoms with Gasteiger partial charge in [-0.25, -0.2) is 4.98 Å². The van der Waals surface area contributed by atoms with Gasteiger partial charge in [-0.15, -0.1) is 0 Å². The summed E-state index contributed by atoms with van der Waals surface area (Å²) in [5.41, 5.74) is 5.24. The predicted molar refractivity (Wildman–Crippen MR) is 100 cm³/mol. The van der Waals surface area contributed by atoms with Crippen molar-refractivity contribution in [2.45, 2.75) is 27.3 Å². The fourth-order valence-electron chi connectivity index (χ4n) is 3.09. The molecule has 25 heavy (non-hydrogen) atoms. The number of fused-ring (bicyclic) bond motifs is 1. The highest BCUT2D eigenvalue weighted by molar-refractivity contribution is 5.83. The molecule has 0 aliphatic heterocycles. The average molecular weight is 331 g/mol. The summed E-state index contributed by atoms with van der Waals surface area (Å²) in [7, 11) is 0. The van der Waals surface area contributed by atoms with Crippen LogP contribution in [0.1, 0.15) is 19.4 Å². The zero-order valence-electron chi connectivity index (χ0n) is 14.7. The van der Waals surface area contributed by atoms with Crippen molar-refractivity contribution in [3.05, 3.63) is 60.5 Å². The van der Waals surface area contributed by atoms with Gasteiger partial charge >= 0.3 is 0 Å². The van der Waals surface area contributed by atoms with Crippen LogP contribution in [0.4, 0.5) is 0 Å². The maximum atomic E-state index is 5.77. The van der Waals surface area contributed by atoms with Crippen molar-refractivity contribution in [3.8, 4) is 22.7 Å². The number of hydrogen-bond donors (Lipinski definition) is 0. The Labute approximate surface area is 147 Å². The summed E-state index contributed by atoms with van der Waals surface area (Å²) < 4.78 is 7.82. The number of aromatic nitrogens is 3. The molecular weight excluding hydrogens is 310 g/mol. The van der Waals surface area contributed by atoms with E-state index in [2.05, 4.69) is 54.8 Å². The zero-order chi connectivity index (χ0) is 17.4. The molecule has 2 heterocycles. The second-order valence-corrected chi connectivity index (χ2v) is 6.85. The first-order chi connectivity index (χ1) is 12.1. The maximum absolute atomic E-state index is 5.77. The van der Waals surface area contributed by atoms with E-state index in [1.54, 1.807) is 6.26 Å². The predicted octanol–water partition coefficient (Wildman–Crippen LogP) is 5.32. The number of aryl methyl sites for hydroxylation is 1. The highest BCUT2D eigenvalue weighted by atomic mass is 16.3. The maximum Gasteiger partial charge on any atom is 0.226 e. The lowest BCUT2D eigenvalue weighted by molar-refractivity contribution is 0.495. The molecule has 0 N–H and O–H groups in total. The van der Waals surface area contributed by atoms with Gasteiger partial charge in [0.25, 0.3) is 0 Å². The van der Waals surface area contributed by atoms with E-state index in [0.717, 1.165) is 34.3 Å². The minimum absolute atomic E-state index is 0.543. The molecule has 2 aromatic carbocycles. The van der Waals surface area contributed by atoms with Crippen LogP contribution in [0.5, 0.6) is 0 Å². The largest absolute Gasteiger partial charge is 0.444 e. The molecule has 0 aliphatic rings. The monoisotopic (exact) mass is 331 g/mol. The first kappa shape index (κ1) is 15.6. The third kappa shape index (κ3) is 2.95. The minimum atomic E-state index is 0.543. The van der Waals surface area contributed by atoms with E-state index in [1.165, 1.54) is 5.56 Å². The lowest BCUT2D eigenvalue weighted by Crippen LogP contribution is -2.05. The normalized spacial score (nSPS) is 11.5. The number of benzene rings is 2. The van der Waals surface area contributed by atoms with E-state index >= 15 is 0 Å². The summed E-state index contributed by atoms with van der Waals surface area (Å²) in [5.74, 6) is 1.18. The van der Waals surface area contributed by atoms with Crippen molar-refractivity contribution in [2.24, 2.45) is 5.92 Å². The van der Waals surface area contributed by atoms with Crippen molar-refractivity contribution in [1.29, 1.82) is 0 Å². The SMILES string of the molecule is Cc1ccccc1-c1coc(-c2ccc3cnn(CC(C)C)c3c2)n1. The Bertz CT molecular complexity index is 1030. The van der Waals surface area contributed by atoms with Crippen LogP contribution in [-0.2, 0) is 6.54 Å². The molecular formula is C21H21N3O. The smallest absolute Gasteiger partial charge is 0.226 e. The molecule has 0 aliphatic carbocycles. The van der Waals surface area contributed by atoms with Crippen LogP contribution in [0.25, 0.3) is 33.6 Å². The standard InChI is InChI=1S/C21H21N3O/c1-14(2)12-24-20-10-16(8-9-17(20)11-22-24)21-23-19(13-25-21)18-7-5-4-6-15(18)3/h4-11,13-14H,12H2,1-3H3. The van der Waals surface area contributed by atoms with Crippen molar-refractivity contribution in [2.75, 3.05) is 0 Å². The number of oxazole rings is 1. The fourth-order valence-corrected chi connectivity index (χ4v) is 3.09. The second kappa shape index (κ2) is 6.20. The molecule has 4 nitrogen and oxygen atoms in total. The number of hydrogen-bond acceptors (Lipinski definition) is 3. The summed E-state index contributed by atoms with van der Waals surface area (Å²) in [5, 5.41) is 5.63. The summed E-state index contributed by atoms with van der Waals surface area (Å²) in [4.78, 5) is 4.70. The lowest BCUT2D eigenvalue weighted by Gasteiger charge is -2.06. The van der Waals surface area contributed by atoms with Crippen molar-refractivity contribution < 1.29 is 4.42 Å². The highest BCUT2D eigenvalue weighted by Crippen LogP contribution is 2.28. The molecule has 0 saturated carbocycles. The van der Waals surface area contributed by atoms with Crippen LogP contribution in [0.3, 0.4) is 0 Å². The quantitative estimate of drug-likeness (QED) is 0.508. The number of rotatable bonds is 4. The molecule has 126 valence electrons. The third-order valence-corrected chi connectivity index (χ3v) is 4.35. The molecule has 0 spiro atoms. The van der Waals surface area contributed by atoms with E-state index in [1.807, 2.05) is 24.4 Å². The van der Waals surface area contributed by atoms with Gasteiger partial charge in [-0.1, -0.05) is 44.2 Å². The second-order valence-electron chi connectivity index (χ2n) is 6.85. The van der Waals surface area contributed by atoms with Crippen LogP contribution in [-0.4, -0.2) is 14.8 Å². The molecule has 0 radical (unpaired) electrons. The van der Waals surface area contributed by atoms with E-state index in [9.17, 15) is 0 Å². The Morgan fingerprint density at radius 3 is 2.76 bits per heavy atom. The van der Waals surface area contributed by atoms with Gasteiger partial charge in [0.2, 0.25) is 5.89 Å².